The Morgan fingerprint density at radius 1 is 1.28 bits per heavy atom. The van der Waals surface area contributed by atoms with Gasteiger partial charge in [-0.15, -0.1) is 15.3 Å². The zero-order valence-electron chi connectivity index (χ0n) is 13.1. The molecule has 0 aliphatic carbocycles. The molecule has 0 saturated carbocycles. The standard InChI is InChI=1S/C15H15F2N7O/c16-13(17)15-22-21-14(25-15)9-3-4-10(19-6-9)7-24-8-12(20-23-24)11-2-1-5-18-11/h3-4,6,8,11,13,18H,1-2,5,7H2/t11-/m0/s1. The van der Waals surface area contributed by atoms with E-state index in [-0.39, 0.29) is 11.9 Å². The van der Waals surface area contributed by atoms with E-state index < -0.39 is 12.3 Å². The average molecular weight is 347 g/mol. The highest BCUT2D eigenvalue weighted by atomic mass is 19.3. The molecule has 3 aromatic rings. The summed E-state index contributed by atoms with van der Waals surface area (Å²) in [6.07, 6.45) is 2.84. The first-order valence-corrected chi connectivity index (χ1v) is 7.89. The molecule has 0 spiro atoms. The van der Waals surface area contributed by atoms with Crippen molar-refractivity contribution >= 4 is 0 Å². The van der Waals surface area contributed by atoms with Crippen LogP contribution in [0.4, 0.5) is 8.78 Å². The summed E-state index contributed by atoms with van der Waals surface area (Å²) in [5, 5.41) is 18.6. The van der Waals surface area contributed by atoms with E-state index in [9.17, 15) is 8.78 Å². The van der Waals surface area contributed by atoms with Gasteiger partial charge in [-0.1, -0.05) is 5.21 Å². The fourth-order valence-electron chi connectivity index (χ4n) is 2.74. The third kappa shape index (κ3) is 3.38. The molecule has 1 aliphatic rings. The summed E-state index contributed by atoms with van der Waals surface area (Å²) in [5.74, 6) is -0.681. The first-order chi connectivity index (χ1) is 12.2. The maximum Gasteiger partial charge on any atom is 0.314 e. The van der Waals surface area contributed by atoms with E-state index >= 15 is 0 Å². The van der Waals surface area contributed by atoms with Crippen molar-refractivity contribution in [2.75, 3.05) is 6.54 Å². The molecule has 1 aliphatic heterocycles. The monoisotopic (exact) mass is 347 g/mol. The van der Waals surface area contributed by atoms with Crippen molar-refractivity contribution in [1.29, 1.82) is 0 Å². The third-order valence-electron chi connectivity index (χ3n) is 4.00. The van der Waals surface area contributed by atoms with Gasteiger partial charge in [0.15, 0.2) is 0 Å². The Morgan fingerprint density at radius 2 is 2.20 bits per heavy atom. The Kier molecular flexibility index (Phi) is 4.18. The number of nitrogens with one attached hydrogen (secondary N) is 1. The van der Waals surface area contributed by atoms with Crippen LogP contribution in [0.1, 0.15) is 42.6 Å². The SMILES string of the molecule is FC(F)c1nnc(-c2ccc(Cn3cc([C@@H]4CCCN4)nn3)nc2)o1. The fourth-order valence-corrected chi connectivity index (χ4v) is 2.74. The summed E-state index contributed by atoms with van der Waals surface area (Å²) in [6, 6.07) is 3.73. The highest BCUT2D eigenvalue weighted by Gasteiger charge is 2.19. The van der Waals surface area contributed by atoms with Crippen LogP contribution in [0.25, 0.3) is 11.5 Å². The number of alkyl halides is 2. The lowest BCUT2D eigenvalue weighted by molar-refractivity contribution is 0.116. The van der Waals surface area contributed by atoms with Crippen molar-refractivity contribution < 1.29 is 13.2 Å². The molecule has 8 nitrogen and oxygen atoms in total. The van der Waals surface area contributed by atoms with Gasteiger partial charge in [0.05, 0.1) is 35.7 Å². The van der Waals surface area contributed by atoms with E-state index in [1.54, 1.807) is 16.8 Å². The van der Waals surface area contributed by atoms with Crippen LogP contribution >= 0.6 is 0 Å². The van der Waals surface area contributed by atoms with E-state index in [1.165, 1.54) is 6.20 Å². The minimum Gasteiger partial charge on any atom is -0.415 e. The predicted octanol–water partition coefficient (Wildman–Crippen LogP) is 2.13. The Morgan fingerprint density at radius 3 is 2.88 bits per heavy atom. The first kappa shape index (κ1) is 15.8. The van der Waals surface area contributed by atoms with Crippen molar-refractivity contribution in [1.82, 2.24) is 35.5 Å². The molecule has 4 heterocycles. The van der Waals surface area contributed by atoms with Gasteiger partial charge < -0.3 is 9.73 Å². The number of nitrogens with zero attached hydrogens (tertiary/aromatic N) is 6. The fraction of sp³-hybridized carbons (Fsp3) is 0.400. The van der Waals surface area contributed by atoms with Crippen molar-refractivity contribution in [3.8, 4) is 11.5 Å². The number of halogens is 2. The second-order valence-corrected chi connectivity index (χ2v) is 5.77. The zero-order valence-corrected chi connectivity index (χ0v) is 13.1. The second-order valence-electron chi connectivity index (χ2n) is 5.77. The topological polar surface area (TPSA) is 94.6 Å². The summed E-state index contributed by atoms with van der Waals surface area (Å²) in [7, 11) is 0. The molecular formula is C15H15F2N7O. The van der Waals surface area contributed by atoms with E-state index in [4.69, 9.17) is 4.42 Å². The minimum atomic E-state index is -2.79. The van der Waals surface area contributed by atoms with E-state index in [0.717, 1.165) is 30.8 Å². The molecule has 3 aromatic heterocycles. The van der Waals surface area contributed by atoms with Crippen LogP contribution in [0.2, 0.25) is 0 Å². The molecular weight excluding hydrogens is 332 g/mol. The molecule has 1 N–H and O–H groups in total. The summed E-state index contributed by atoms with van der Waals surface area (Å²) in [5.41, 5.74) is 2.17. The Hall–Kier alpha value is -2.75. The molecule has 130 valence electrons. The molecule has 0 amide bonds. The van der Waals surface area contributed by atoms with Crippen LogP contribution in [0, 0.1) is 0 Å². The number of hydrogen-bond donors (Lipinski definition) is 1. The van der Waals surface area contributed by atoms with Crippen LogP contribution in [0.3, 0.4) is 0 Å². The van der Waals surface area contributed by atoms with Crippen LogP contribution in [0.15, 0.2) is 28.9 Å². The van der Waals surface area contributed by atoms with Crippen LogP contribution in [-0.4, -0.2) is 36.7 Å². The zero-order chi connectivity index (χ0) is 17.2. The van der Waals surface area contributed by atoms with Crippen LogP contribution < -0.4 is 5.32 Å². The maximum atomic E-state index is 12.5. The molecule has 0 bridgehead atoms. The molecule has 1 fully saturated rings. The number of pyridine rings is 1. The van der Waals surface area contributed by atoms with Gasteiger partial charge in [-0.3, -0.25) is 4.98 Å². The first-order valence-electron chi connectivity index (χ1n) is 7.89. The Labute approximate surface area is 141 Å². The highest BCUT2D eigenvalue weighted by Crippen LogP contribution is 2.23. The largest absolute Gasteiger partial charge is 0.415 e. The number of aromatic nitrogens is 6. The summed E-state index contributed by atoms with van der Waals surface area (Å²) >= 11 is 0. The second kappa shape index (κ2) is 6.63. The third-order valence-corrected chi connectivity index (χ3v) is 4.00. The van der Waals surface area contributed by atoms with Crippen LogP contribution in [0.5, 0.6) is 0 Å². The summed E-state index contributed by atoms with van der Waals surface area (Å²) in [6.45, 7) is 1.47. The van der Waals surface area contributed by atoms with Gasteiger partial charge in [-0.25, -0.2) is 4.68 Å². The van der Waals surface area contributed by atoms with E-state index in [0.29, 0.717) is 12.1 Å². The number of hydrogen-bond acceptors (Lipinski definition) is 7. The Bertz CT molecular complexity index is 840. The van der Waals surface area contributed by atoms with Gasteiger partial charge in [0.2, 0.25) is 5.89 Å². The molecule has 0 aromatic carbocycles. The van der Waals surface area contributed by atoms with Gasteiger partial charge in [0.25, 0.3) is 5.89 Å². The maximum absolute atomic E-state index is 12.5. The normalized spacial score (nSPS) is 17.5. The molecule has 0 radical (unpaired) electrons. The minimum absolute atomic E-state index is 0.0182. The van der Waals surface area contributed by atoms with Gasteiger partial charge >= 0.3 is 6.43 Å². The van der Waals surface area contributed by atoms with Gasteiger partial charge in [-0.2, -0.15) is 8.78 Å². The Balaban J connectivity index is 1.45. The predicted molar refractivity (Wildman–Crippen MR) is 81.6 cm³/mol. The summed E-state index contributed by atoms with van der Waals surface area (Å²) in [4.78, 5) is 4.29. The molecule has 10 heteroatoms. The van der Waals surface area contributed by atoms with Crippen molar-refractivity contribution in [2.45, 2.75) is 31.9 Å². The molecule has 1 saturated heterocycles. The lowest BCUT2D eigenvalue weighted by atomic mass is 10.2. The lowest BCUT2D eigenvalue weighted by Gasteiger charge is -2.04. The quantitative estimate of drug-likeness (QED) is 0.755. The van der Waals surface area contributed by atoms with Gasteiger partial charge in [0.1, 0.15) is 0 Å². The average Bonchev–Trinajstić information content (AvgIpc) is 3.36. The molecule has 1 atom stereocenters. The van der Waals surface area contributed by atoms with Gasteiger partial charge in [0, 0.05) is 6.20 Å². The van der Waals surface area contributed by atoms with Crippen molar-refractivity contribution in [2.24, 2.45) is 0 Å². The van der Waals surface area contributed by atoms with E-state index in [2.05, 4.69) is 30.8 Å². The lowest BCUT2D eigenvalue weighted by Crippen LogP contribution is -2.13. The van der Waals surface area contributed by atoms with Crippen molar-refractivity contribution in [3.05, 3.63) is 41.8 Å². The summed E-state index contributed by atoms with van der Waals surface area (Å²) < 4.78 is 31.6. The molecule has 25 heavy (non-hydrogen) atoms. The highest BCUT2D eigenvalue weighted by molar-refractivity contribution is 5.50. The smallest absolute Gasteiger partial charge is 0.314 e. The molecule has 4 rings (SSSR count). The van der Waals surface area contributed by atoms with Gasteiger partial charge in [-0.05, 0) is 31.5 Å². The van der Waals surface area contributed by atoms with E-state index in [1.807, 2.05) is 6.20 Å². The number of rotatable bonds is 5. The molecule has 0 unspecified atom stereocenters. The van der Waals surface area contributed by atoms with Crippen LogP contribution in [-0.2, 0) is 6.54 Å². The van der Waals surface area contributed by atoms with Crippen molar-refractivity contribution in [3.63, 3.8) is 0 Å².